The van der Waals surface area contributed by atoms with Crippen LogP contribution in [0, 0.1) is 6.92 Å². The first kappa shape index (κ1) is 17.7. The predicted octanol–water partition coefficient (Wildman–Crippen LogP) is 4.45. The van der Waals surface area contributed by atoms with Crippen LogP contribution in [0.2, 0.25) is 0 Å². The highest BCUT2D eigenvalue weighted by Crippen LogP contribution is 2.30. The molecule has 0 radical (unpaired) electrons. The Balaban J connectivity index is 1.25. The fraction of sp³-hybridized carbons (Fsp3) is 0.286. The lowest BCUT2D eigenvalue weighted by Crippen LogP contribution is -2.46. The predicted molar refractivity (Wildman–Crippen MR) is 117 cm³/mol. The molecule has 1 aliphatic rings. The minimum absolute atomic E-state index is 0.911. The molecule has 4 heterocycles. The molecule has 5 nitrogen and oxygen atoms in total. The molecule has 1 aliphatic heterocycles. The standard InChI is InChI=1S/C21H21N5S2/c1-15-11-18-19(22-14-23-21(18)28-15)26-9-7-25(8-10-26)12-17-13-27-20(24-17)16-5-3-2-4-6-16/h2-6,11,13-14H,7-10,12H2,1H3. The minimum Gasteiger partial charge on any atom is -0.353 e. The number of thiophene rings is 1. The summed E-state index contributed by atoms with van der Waals surface area (Å²) in [5.74, 6) is 1.08. The Morgan fingerprint density at radius 3 is 2.68 bits per heavy atom. The van der Waals surface area contributed by atoms with Crippen molar-refractivity contribution in [2.24, 2.45) is 0 Å². The van der Waals surface area contributed by atoms with Crippen LogP contribution < -0.4 is 4.90 Å². The molecule has 28 heavy (non-hydrogen) atoms. The van der Waals surface area contributed by atoms with Crippen molar-refractivity contribution >= 4 is 38.7 Å². The summed E-state index contributed by atoms with van der Waals surface area (Å²) >= 11 is 3.47. The molecular weight excluding hydrogens is 386 g/mol. The summed E-state index contributed by atoms with van der Waals surface area (Å²) in [6.45, 7) is 7.05. The zero-order valence-electron chi connectivity index (χ0n) is 15.7. The van der Waals surface area contributed by atoms with Gasteiger partial charge in [0.1, 0.15) is 22.0 Å². The second-order valence-corrected chi connectivity index (χ2v) is 9.14. The topological polar surface area (TPSA) is 45.2 Å². The molecule has 0 unspecified atom stereocenters. The van der Waals surface area contributed by atoms with Crippen LogP contribution in [0.1, 0.15) is 10.6 Å². The highest BCUT2D eigenvalue weighted by atomic mass is 32.1. The lowest BCUT2D eigenvalue weighted by Gasteiger charge is -2.35. The first-order valence-electron chi connectivity index (χ1n) is 9.44. The number of thiazole rings is 1. The summed E-state index contributed by atoms with van der Waals surface area (Å²) in [6, 6.07) is 12.6. The number of hydrogen-bond acceptors (Lipinski definition) is 7. The molecule has 0 saturated carbocycles. The first-order chi connectivity index (χ1) is 13.8. The molecule has 3 aromatic heterocycles. The first-order valence-corrected chi connectivity index (χ1v) is 11.1. The van der Waals surface area contributed by atoms with Crippen LogP contribution in [-0.4, -0.2) is 46.0 Å². The van der Waals surface area contributed by atoms with Crippen molar-refractivity contribution in [3.05, 3.63) is 58.7 Å². The quantitative estimate of drug-likeness (QED) is 0.500. The van der Waals surface area contributed by atoms with Gasteiger partial charge in [0.2, 0.25) is 0 Å². The molecule has 5 rings (SSSR count). The van der Waals surface area contributed by atoms with E-state index in [2.05, 4.69) is 62.4 Å². The van der Waals surface area contributed by atoms with Crippen molar-refractivity contribution in [3.8, 4) is 10.6 Å². The normalized spacial score (nSPS) is 15.4. The van der Waals surface area contributed by atoms with Gasteiger partial charge in [0.15, 0.2) is 0 Å². The van der Waals surface area contributed by atoms with Gasteiger partial charge in [-0.15, -0.1) is 22.7 Å². The van der Waals surface area contributed by atoms with Gasteiger partial charge < -0.3 is 4.90 Å². The third kappa shape index (κ3) is 3.53. The average molecular weight is 408 g/mol. The average Bonchev–Trinajstić information content (AvgIpc) is 3.35. The fourth-order valence-corrected chi connectivity index (χ4v) is 5.31. The number of benzene rings is 1. The fourth-order valence-electron chi connectivity index (χ4n) is 3.66. The number of aromatic nitrogens is 3. The number of piperazine rings is 1. The van der Waals surface area contributed by atoms with E-state index in [0.29, 0.717) is 0 Å². The Hall–Kier alpha value is -2.35. The second kappa shape index (κ2) is 7.58. The lowest BCUT2D eigenvalue weighted by molar-refractivity contribution is 0.247. The summed E-state index contributed by atoms with van der Waals surface area (Å²) in [5, 5.41) is 4.48. The Bertz CT molecular complexity index is 1080. The Labute approximate surface area is 172 Å². The zero-order chi connectivity index (χ0) is 18.9. The Kier molecular flexibility index (Phi) is 4.80. The van der Waals surface area contributed by atoms with Gasteiger partial charge in [0.25, 0.3) is 0 Å². The summed E-state index contributed by atoms with van der Waals surface area (Å²) in [5.41, 5.74) is 2.36. The van der Waals surface area contributed by atoms with Gasteiger partial charge in [-0.3, -0.25) is 4.90 Å². The van der Waals surface area contributed by atoms with Crippen molar-refractivity contribution in [3.63, 3.8) is 0 Å². The van der Waals surface area contributed by atoms with Crippen molar-refractivity contribution in [1.82, 2.24) is 19.9 Å². The Morgan fingerprint density at radius 2 is 1.86 bits per heavy atom. The number of anilines is 1. The number of fused-ring (bicyclic) bond motifs is 1. The van der Waals surface area contributed by atoms with Crippen molar-refractivity contribution in [1.29, 1.82) is 0 Å². The molecule has 1 saturated heterocycles. The highest BCUT2D eigenvalue weighted by Gasteiger charge is 2.21. The number of hydrogen-bond donors (Lipinski definition) is 0. The third-order valence-corrected chi connectivity index (χ3v) is 6.96. The van der Waals surface area contributed by atoms with E-state index in [1.807, 2.05) is 6.07 Å². The van der Waals surface area contributed by atoms with E-state index >= 15 is 0 Å². The summed E-state index contributed by atoms with van der Waals surface area (Å²) in [4.78, 5) is 21.1. The van der Waals surface area contributed by atoms with E-state index in [9.17, 15) is 0 Å². The summed E-state index contributed by atoms with van der Waals surface area (Å²) < 4.78 is 0. The highest BCUT2D eigenvalue weighted by molar-refractivity contribution is 7.18. The van der Waals surface area contributed by atoms with E-state index in [1.165, 1.54) is 15.8 Å². The number of nitrogens with zero attached hydrogens (tertiary/aromatic N) is 5. The molecule has 0 atom stereocenters. The van der Waals surface area contributed by atoms with E-state index in [0.717, 1.165) is 54.1 Å². The summed E-state index contributed by atoms with van der Waals surface area (Å²) in [6.07, 6.45) is 1.69. The lowest BCUT2D eigenvalue weighted by atomic mass is 10.2. The molecule has 0 bridgehead atoms. The molecule has 1 fully saturated rings. The van der Waals surface area contributed by atoms with Crippen LogP contribution in [0.3, 0.4) is 0 Å². The van der Waals surface area contributed by atoms with Gasteiger partial charge in [-0.1, -0.05) is 30.3 Å². The maximum Gasteiger partial charge on any atom is 0.140 e. The van der Waals surface area contributed by atoms with Gasteiger partial charge >= 0.3 is 0 Å². The van der Waals surface area contributed by atoms with Crippen molar-refractivity contribution in [2.75, 3.05) is 31.1 Å². The van der Waals surface area contributed by atoms with Gasteiger partial charge in [-0.05, 0) is 13.0 Å². The second-order valence-electron chi connectivity index (χ2n) is 7.05. The van der Waals surface area contributed by atoms with Crippen LogP contribution in [0.5, 0.6) is 0 Å². The zero-order valence-corrected chi connectivity index (χ0v) is 17.3. The SMILES string of the molecule is Cc1cc2c(N3CCN(Cc4csc(-c5ccccc5)n4)CC3)ncnc2s1. The minimum atomic E-state index is 0.911. The third-order valence-electron chi connectivity index (χ3n) is 5.06. The maximum absolute atomic E-state index is 4.84. The summed E-state index contributed by atoms with van der Waals surface area (Å²) in [7, 11) is 0. The molecule has 0 N–H and O–H groups in total. The van der Waals surface area contributed by atoms with Crippen LogP contribution in [0.4, 0.5) is 5.82 Å². The van der Waals surface area contributed by atoms with Crippen molar-refractivity contribution < 1.29 is 0 Å². The number of rotatable bonds is 4. The largest absolute Gasteiger partial charge is 0.353 e. The monoisotopic (exact) mass is 407 g/mol. The van der Waals surface area contributed by atoms with E-state index in [4.69, 9.17) is 4.98 Å². The Morgan fingerprint density at radius 1 is 1.04 bits per heavy atom. The van der Waals surface area contributed by atoms with Crippen LogP contribution >= 0.6 is 22.7 Å². The van der Waals surface area contributed by atoms with E-state index in [-0.39, 0.29) is 0 Å². The van der Waals surface area contributed by atoms with Crippen LogP contribution in [-0.2, 0) is 6.54 Å². The van der Waals surface area contributed by atoms with E-state index in [1.54, 1.807) is 29.0 Å². The smallest absolute Gasteiger partial charge is 0.140 e. The van der Waals surface area contributed by atoms with Crippen molar-refractivity contribution in [2.45, 2.75) is 13.5 Å². The molecule has 142 valence electrons. The molecule has 7 heteroatoms. The van der Waals surface area contributed by atoms with Gasteiger partial charge in [0, 0.05) is 48.5 Å². The molecule has 1 aromatic carbocycles. The molecule has 0 spiro atoms. The van der Waals surface area contributed by atoms with Crippen LogP contribution in [0.25, 0.3) is 20.8 Å². The van der Waals surface area contributed by atoms with Gasteiger partial charge in [0.05, 0.1) is 11.1 Å². The molecule has 4 aromatic rings. The maximum atomic E-state index is 4.84. The van der Waals surface area contributed by atoms with E-state index < -0.39 is 0 Å². The van der Waals surface area contributed by atoms with Gasteiger partial charge in [-0.2, -0.15) is 0 Å². The van der Waals surface area contributed by atoms with Gasteiger partial charge in [-0.25, -0.2) is 15.0 Å². The molecule has 0 amide bonds. The van der Waals surface area contributed by atoms with Crippen LogP contribution in [0.15, 0.2) is 48.1 Å². The number of aryl methyl sites for hydroxylation is 1. The molecule has 0 aliphatic carbocycles. The molecular formula is C21H21N5S2.